The van der Waals surface area contributed by atoms with E-state index in [1.807, 2.05) is 41.7 Å². The molecule has 0 N–H and O–H groups in total. The lowest BCUT2D eigenvalue weighted by Crippen LogP contribution is -2.47. The van der Waals surface area contributed by atoms with E-state index in [9.17, 15) is 0 Å². The minimum Gasteiger partial charge on any atom is -0.492 e. The van der Waals surface area contributed by atoms with Crippen LogP contribution >= 0.6 is 11.3 Å². The maximum Gasteiger partial charge on any atom is 0.141 e. The summed E-state index contributed by atoms with van der Waals surface area (Å²) in [6.45, 7) is 8.18. The number of aryl methyl sites for hydroxylation is 1. The van der Waals surface area contributed by atoms with Crippen molar-refractivity contribution < 1.29 is 4.74 Å². The molecule has 0 unspecified atom stereocenters. The average molecular weight is 409 g/mol. The molecule has 29 heavy (non-hydrogen) atoms. The fraction of sp³-hybridized carbons (Fsp3) is 0.478. The number of aromatic nitrogens is 2. The van der Waals surface area contributed by atoms with Crippen molar-refractivity contribution in [2.24, 2.45) is 5.92 Å². The van der Waals surface area contributed by atoms with Gasteiger partial charge < -0.3 is 9.64 Å². The Morgan fingerprint density at radius 1 is 1.10 bits per heavy atom. The molecule has 1 aliphatic heterocycles. The largest absolute Gasteiger partial charge is 0.492 e. The van der Waals surface area contributed by atoms with Crippen LogP contribution in [0.4, 0.5) is 5.82 Å². The molecule has 1 saturated heterocycles. The van der Waals surface area contributed by atoms with Crippen molar-refractivity contribution >= 4 is 27.4 Å². The molecule has 2 aromatic heterocycles. The second kappa shape index (κ2) is 8.28. The number of para-hydroxylation sites is 1. The van der Waals surface area contributed by atoms with E-state index in [-0.39, 0.29) is 0 Å². The highest BCUT2D eigenvalue weighted by atomic mass is 32.1. The number of rotatable bonds is 5. The summed E-state index contributed by atoms with van der Waals surface area (Å²) in [4.78, 5) is 17.0. The summed E-state index contributed by atoms with van der Waals surface area (Å²) >= 11 is 1.89. The molecule has 5 rings (SSSR count). The Balaban J connectivity index is 1.24. The molecule has 3 aromatic rings. The van der Waals surface area contributed by atoms with Gasteiger partial charge in [-0.1, -0.05) is 25.1 Å². The number of piperazine rings is 1. The molecule has 1 aliphatic carbocycles. The predicted molar refractivity (Wildman–Crippen MR) is 119 cm³/mol. The number of thiophene rings is 1. The lowest BCUT2D eigenvalue weighted by Gasteiger charge is -2.35. The van der Waals surface area contributed by atoms with Gasteiger partial charge in [0.1, 0.15) is 29.3 Å². The van der Waals surface area contributed by atoms with E-state index in [2.05, 4.69) is 21.7 Å². The third-order valence-electron chi connectivity index (χ3n) is 6.16. The van der Waals surface area contributed by atoms with Crippen LogP contribution in [0.5, 0.6) is 5.75 Å². The van der Waals surface area contributed by atoms with Gasteiger partial charge in [-0.05, 0) is 42.9 Å². The Labute approximate surface area is 176 Å². The fourth-order valence-corrected chi connectivity index (χ4v) is 5.84. The summed E-state index contributed by atoms with van der Waals surface area (Å²) in [5.41, 5.74) is 1.53. The van der Waals surface area contributed by atoms with Crippen LogP contribution in [-0.2, 0) is 12.8 Å². The van der Waals surface area contributed by atoms with Crippen molar-refractivity contribution in [2.75, 3.05) is 44.2 Å². The Morgan fingerprint density at radius 3 is 2.76 bits per heavy atom. The Bertz CT molecular complexity index is 966. The number of nitrogens with zero attached hydrogens (tertiary/aromatic N) is 4. The third kappa shape index (κ3) is 3.96. The van der Waals surface area contributed by atoms with Crippen molar-refractivity contribution in [2.45, 2.75) is 26.2 Å². The predicted octanol–water partition coefficient (Wildman–Crippen LogP) is 4.02. The number of hydrogen-bond donors (Lipinski definition) is 0. The zero-order valence-electron chi connectivity index (χ0n) is 17.0. The number of ether oxygens (including phenoxy) is 1. The van der Waals surface area contributed by atoms with Crippen LogP contribution in [0.15, 0.2) is 36.7 Å². The van der Waals surface area contributed by atoms with Crippen LogP contribution < -0.4 is 9.64 Å². The first kappa shape index (κ1) is 18.8. The van der Waals surface area contributed by atoms with Crippen LogP contribution in [0.3, 0.4) is 0 Å². The van der Waals surface area contributed by atoms with Crippen molar-refractivity contribution in [1.82, 2.24) is 14.9 Å². The number of anilines is 1. The van der Waals surface area contributed by atoms with Gasteiger partial charge in [-0.3, -0.25) is 4.90 Å². The van der Waals surface area contributed by atoms with E-state index in [1.165, 1.54) is 39.9 Å². The molecule has 2 aliphatic rings. The molecule has 0 spiro atoms. The Kier molecular flexibility index (Phi) is 5.38. The standard InChI is InChI=1S/C23H28N4OS/c1-17-7-8-19-20(15-17)29-23-21(19)22(24-16-25-23)27-11-9-26(10-12-27)13-14-28-18-5-3-2-4-6-18/h2-6,16-17H,7-15H2,1H3/t17-/m0/s1. The molecule has 0 bridgehead atoms. The first-order valence-electron chi connectivity index (χ1n) is 10.7. The number of fused-ring (bicyclic) bond motifs is 3. The molecule has 6 heteroatoms. The lowest BCUT2D eigenvalue weighted by molar-refractivity contribution is 0.200. The molecular weight excluding hydrogens is 380 g/mol. The average Bonchev–Trinajstić information content (AvgIpc) is 3.12. The quantitative estimate of drug-likeness (QED) is 0.638. The summed E-state index contributed by atoms with van der Waals surface area (Å²) in [5, 5.41) is 1.33. The highest BCUT2D eigenvalue weighted by Crippen LogP contribution is 2.40. The molecule has 0 saturated carbocycles. The minimum atomic E-state index is 0.734. The SMILES string of the molecule is C[C@H]1CCc2c(sc3ncnc(N4CCN(CCOc5ccccc5)CC4)c23)C1. The summed E-state index contributed by atoms with van der Waals surface area (Å²) < 4.78 is 5.86. The zero-order valence-corrected chi connectivity index (χ0v) is 17.8. The highest BCUT2D eigenvalue weighted by Gasteiger charge is 2.26. The second-order valence-corrected chi connectivity index (χ2v) is 9.30. The van der Waals surface area contributed by atoms with Gasteiger partial charge >= 0.3 is 0 Å². The number of benzene rings is 1. The summed E-state index contributed by atoms with van der Waals surface area (Å²) in [6, 6.07) is 10.1. The van der Waals surface area contributed by atoms with Crippen LogP contribution in [0.2, 0.25) is 0 Å². The van der Waals surface area contributed by atoms with Crippen LogP contribution in [0, 0.1) is 5.92 Å². The maximum absolute atomic E-state index is 5.86. The first-order valence-corrected chi connectivity index (χ1v) is 11.5. The zero-order chi connectivity index (χ0) is 19.6. The van der Waals surface area contributed by atoms with Crippen molar-refractivity contribution in [3.63, 3.8) is 0 Å². The molecule has 5 nitrogen and oxygen atoms in total. The summed E-state index contributed by atoms with van der Waals surface area (Å²) in [7, 11) is 0. The van der Waals surface area contributed by atoms with Gasteiger partial charge in [-0.15, -0.1) is 11.3 Å². The van der Waals surface area contributed by atoms with Gasteiger partial charge in [-0.2, -0.15) is 0 Å². The van der Waals surface area contributed by atoms with Gasteiger partial charge in [0.15, 0.2) is 0 Å². The molecule has 1 aromatic carbocycles. The van der Waals surface area contributed by atoms with Gasteiger partial charge in [0.2, 0.25) is 0 Å². The van der Waals surface area contributed by atoms with Crippen LogP contribution in [0.25, 0.3) is 10.2 Å². The van der Waals surface area contributed by atoms with E-state index < -0.39 is 0 Å². The lowest BCUT2D eigenvalue weighted by atomic mass is 9.89. The van der Waals surface area contributed by atoms with Gasteiger partial charge in [0.25, 0.3) is 0 Å². The molecule has 152 valence electrons. The van der Waals surface area contributed by atoms with Gasteiger partial charge in [0, 0.05) is 37.6 Å². The highest BCUT2D eigenvalue weighted by molar-refractivity contribution is 7.19. The van der Waals surface area contributed by atoms with Crippen LogP contribution in [0.1, 0.15) is 23.8 Å². The van der Waals surface area contributed by atoms with E-state index in [4.69, 9.17) is 9.72 Å². The number of hydrogen-bond acceptors (Lipinski definition) is 6. The van der Waals surface area contributed by atoms with Crippen molar-refractivity contribution in [3.05, 3.63) is 47.1 Å². The summed E-state index contributed by atoms with van der Waals surface area (Å²) in [5.74, 6) is 2.89. The molecule has 1 fully saturated rings. The normalized spacial score (nSPS) is 20.0. The van der Waals surface area contributed by atoms with E-state index >= 15 is 0 Å². The van der Waals surface area contributed by atoms with Crippen LogP contribution in [-0.4, -0.2) is 54.2 Å². The third-order valence-corrected chi connectivity index (χ3v) is 7.33. The first-order chi connectivity index (χ1) is 14.3. The molecule has 0 amide bonds. The van der Waals surface area contributed by atoms with Gasteiger partial charge in [-0.25, -0.2) is 9.97 Å². The van der Waals surface area contributed by atoms with E-state index in [0.717, 1.165) is 56.8 Å². The fourth-order valence-electron chi connectivity index (χ4n) is 4.49. The monoisotopic (exact) mass is 408 g/mol. The molecule has 0 radical (unpaired) electrons. The van der Waals surface area contributed by atoms with Crippen molar-refractivity contribution in [1.29, 1.82) is 0 Å². The van der Waals surface area contributed by atoms with E-state index in [0.29, 0.717) is 0 Å². The minimum absolute atomic E-state index is 0.734. The molecule has 3 heterocycles. The smallest absolute Gasteiger partial charge is 0.141 e. The van der Waals surface area contributed by atoms with E-state index in [1.54, 1.807) is 6.33 Å². The Hall–Kier alpha value is -2.18. The maximum atomic E-state index is 5.86. The Morgan fingerprint density at radius 2 is 1.93 bits per heavy atom. The van der Waals surface area contributed by atoms with Gasteiger partial charge in [0.05, 0.1) is 5.39 Å². The second-order valence-electron chi connectivity index (χ2n) is 8.22. The molecular formula is C23H28N4OS. The summed E-state index contributed by atoms with van der Waals surface area (Å²) in [6.07, 6.45) is 5.41. The molecule has 1 atom stereocenters. The van der Waals surface area contributed by atoms with Crippen molar-refractivity contribution in [3.8, 4) is 5.75 Å². The topological polar surface area (TPSA) is 41.5 Å².